The quantitative estimate of drug-likeness (QED) is 0.625. The van der Waals surface area contributed by atoms with Gasteiger partial charge < -0.3 is 10.4 Å². The lowest BCUT2D eigenvalue weighted by Crippen LogP contribution is -2.47. The highest BCUT2D eigenvalue weighted by molar-refractivity contribution is 4.93. The van der Waals surface area contributed by atoms with Crippen LogP contribution in [0.25, 0.3) is 0 Å². The van der Waals surface area contributed by atoms with Gasteiger partial charge in [-0.05, 0) is 31.3 Å². The summed E-state index contributed by atoms with van der Waals surface area (Å²) >= 11 is 0. The Bertz CT molecular complexity index is 142. The van der Waals surface area contributed by atoms with E-state index in [-0.39, 0.29) is 10.8 Å². The monoisotopic (exact) mass is 171 g/mol. The number of piperidine rings is 1. The maximum Gasteiger partial charge on any atom is 0.0493 e. The standard InChI is InChI=1S/C10H21NO/c1-9(2,3)10(8-12)4-6-11-7-5-10/h11-12H,4-8H2,1-3H3. The smallest absolute Gasteiger partial charge is 0.0493 e. The number of hydrogen-bond donors (Lipinski definition) is 2. The molecule has 72 valence electrons. The predicted octanol–water partition coefficient (Wildman–Crippen LogP) is 1.39. The van der Waals surface area contributed by atoms with Gasteiger partial charge in [0, 0.05) is 12.0 Å². The zero-order chi connectivity index (χ0) is 9.24. The molecule has 0 aromatic carbocycles. The van der Waals surface area contributed by atoms with Crippen molar-refractivity contribution < 1.29 is 5.11 Å². The molecular weight excluding hydrogens is 150 g/mol. The van der Waals surface area contributed by atoms with Gasteiger partial charge in [0.2, 0.25) is 0 Å². The molecule has 1 aliphatic heterocycles. The first-order valence-corrected chi connectivity index (χ1v) is 4.83. The summed E-state index contributed by atoms with van der Waals surface area (Å²) in [5.41, 5.74) is 0.377. The molecule has 0 aromatic rings. The summed E-state index contributed by atoms with van der Waals surface area (Å²) in [5.74, 6) is 0. The van der Waals surface area contributed by atoms with Crippen LogP contribution in [0.15, 0.2) is 0 Å². The molecule has 0 amide bonds. The fourth-order valence-corrected chi connectivity index (χ4v) is 2.05. The number of hydrogen-bond acceptors (Lipinski definition) is 2. The molecule has 2 heteroatoms. The lowest BCUT2D eigenvalue weighted by atomic mass is 9.62. The zero-order valence-corrected chi connectivity index (χ0v) is 8.48. The van der Waals surface area contributed by atoms with E-state index in [1.54, 1.807) is 0 Å². The second-order valence-electron chi connectivity index (χ2n) is 4.94. The van der Waals surface area contributed by atoms with Gasteiger partial charge in [-0.3, -0.25) is 0 Å². The molecule has 0 spiro atoms. The van der Waals surface area contributed by atoms with Crippen LogP contribution in [0.2, 0.25) is 0 Å². The minimum Gasteiger partial charge on any atom is -0.396 e. The van der Waals surface area contributed by atoms with E-state index < -0.39 is 0 Å². The van der Waals surface area contributed by atoms with Crippen molar-refractivity contribution in [2.45, 2.75) is 33.6 Å². The Morgan fingerprint density at radius 1 is 1.25 bits per heavy atom. The Kier molecular flexibility index (Phi) is 2.79. The highest BCUT2D eigenvalue weighted by Gasteiger charge is 2.41. The van der Waals surface area contributed by atoms with E-state index in [1.807, 2.05) is 0 Å². The zero-order valence-electron chi connectivity index (χ0n) is 8.48. The lowest BCUT2D eigenvalue weighted by Gasteiger charge is -2.46. The molecule has 2 nitrogen and oxygen atoms in total. The van der Waals surface area contributed by atoms with Gasteiger partial charge in [0.15, 0.2) is 0 Å². The fraction of sp³-hybridized carbons (Fsp3) is 1.00. The first-order valence-electron chi connectivity index (χ1n) is 4.83. The minimum absolute atomic E-state index is 0.151. The number of aliphatic hydroxyl groups is 1. The van der Waals surface area contributed by atoms with Gasteiger partial charge in [-0.2, -0.15) is 0 Å². The van der Waals surface area contributed by atoms with E-state index >= 15 is 0 Å². The van der Waals surface area contributed by atoms with Crippen molar-refractivity contribution in [3.05, 3.63) is 0 Å². The molecule has 0 aliphatic carbocycles. The fourth-order valence-electron chi connectivity index (χ4n) is 2.05. The van der Waals surface area contributed by atoms with E-state index in [0.717, 1.165) is 25.9 Å². The average Bonchev–Trinajstić information content (AvgIpc) is 2.04. The molecule has 1 aliphatic rings. The molecule has 0 unspecified atom stereocenters. The molecule has 0 bridgehead atoms. The number of aliphatic hydroxyl groups excluding tert-OH is 1. The van der Waals surface area contributed by atoms with E-state index in [1.165, 1.54) is 0 Å². The normalized spacial score (nSPS) is 24.0. The van der Waals surface area contributed by atoms with Crippen LogP contribution in [-0.2, 0) is 0 Å². The van der Waals surface area contributed by atoms with Crippen LogP contribution >= 0.6 is 0 Å². The van der Waals surface area contributed by atoms with Crippen molar-refractivity contribution in [3.8, 4) is 0 Å². The topological polar surface area (TPSA) is 32.3 Å². The van der Waals surface area contributed by atoms with Gasteiger partial charge in [0.25, 0.3) is 0 Å². The van der Waals surface area contributed by atoms with Crippen LogP contribution in [0.1, 0.15) is 33.6 Å². The summed E-state index contributed by atoms with van der Waals surface area (Å²) in [5, 5.41) is 12.8. The maximum absolute atomic E-state index is 9.45. The van der Waals surface area contributed by atoms with Crippen LogP contribution in [0.4, 0.5) is 0 Å². The Balaban J connectivity index is 2.73. The maximum atomic E-state index is 9.45. The Morgan fingerprint density at radius 2 is 1.75 bits per heavy atom. The lowest BCUT2D eigenvalue weighted by molar-refractivity contribution is -0.0118. The first kappa shape index (κ1) is 10.0. The third kappa shape index (κ3) is 1.64. The molecule has 1 rings (SSSR count). The molecule has 0 aromatic heterocycles. The molecule has 0 atom stereocenters. The molecule has 1 fully saturated rings. The summed E-state index contributed by atoms with van der Waals surface area (Å²) in [6.07, 6.45) is 2.21. The number of nitrogens with one attached hydrogen (secondary N) is 1. The van der Waals surface area contributed by atoms with Crippen molar-refractivity contribution in [2.75, 3.05) is 19.7 Å². The van der Waals surface area contributed by atoms with Crippen LogP contribution < -0.4 is 5.32 Å². The van der Waals surface area contributed by atoms with Crippen LogP contribution in [0, 0.1) is 10.8 Å². The van der Waals surface area contributed by atoms with E-state index in [0.29, 0.717) is 6.61 Å². The molecule has 12 heavy (non-hydrogen) atoms. The summed E-state index contributed by atoms with van der Waals surface area (Å²) in [4.78, 5) is 0. The summed E-state index contributed by atoms with van der Waals surface area (Å²) in [6, 6.07) is 0. The van der Waals surface area contributed by atoms with Crippen molar-refractivity contribution >= 4 is 0 Å². The summed E-state index contributed by atoms with van der Waals surface area (Å²) < 4.78 is 0. The van der Waals surface area contributed by atoms with Crippen molar-refractivity contribution in [3.63, 3.8) is 0 Å². The highest BCUT2D eigenvalue weighted by Crippen LogP contribution is 2.44. The highest BCUT2D eigenvalue weighted by atomic mass is 16.3. The van der Waals surface area contributed by atoms with Crippen molar-refractivity contribution in [1.29, 1.82) is 0 Å². The van der Waals surface area contributed by atoms with Crippen LogP contribution in [-0.4, -0.2) is 24.8 Å². The van der Waals surface area contributed by atoms with Crippen LogP contribution in [0.3, 0.4) is 0 Å². The van der Waals surface area contributed by atoms with E-state index in [4.69, 9.17) is 0 Å². The molecule has 2 N–H and O–H groups in total. The van der Waals surface area contributed by atoms with Gasteiger partial charge in [-0.25, -0.2) is 0 Å². The van der Waals surface area contributed by atoms with Gasteiger partial charge in [-0.15, -0.1) is 0 Å². The first-order chi connectivity index (χ1) is 5.52. The molecular formula is C10H21NO. The van der Waals surface area contributed by atoms with Crippen molar-refractivity contribution in [1.82, 2.24) is 5.32 Å². The predicted molar refractivity (Wildman–Crippen MR) is 51.1 cm³/mol. The average molecular weight is 171 g/mol. The number of rotatable bonds is 1. The van der Waals surface area contributed by atoms with Gasteiger partial charge in [0.1, 0.15) is 0 Å². The van der Waals surface area contributed by atoms with E-state index in [2.05, 4.69) is 26.1 Å². The largest absolute Gasteiger partial charge is 0.396 e. The second-order valence-corrected chi connectivity index (χ2v) is 4.94. The SMILES string of the molecule is CC(C)(C)C1(CO)CCNCC1. The Morgan fingerprint density at radius 3 is 2.00 bits per heavy atom. The molecule has 1 heterocycles. The third-order valence-corrected chi connectivity index (χ3v) is 3.45. The molecule has 0 radical (unpaired) electrons. The van der Waals surface area contributed by atoms with Crippen molar-refractivity contribution in [2.24, 2.45) is 10.8 Å². The molecule has 1 saturated heterocycles. The molecule has 0 saturated carbocycles. The van der Waals surface area contributed by atoms with Crippen LogP contribution in [0.5, 0.6) is 0 Å². The third-order valence-electron chi connectivity index (χ3n) is 3.45. The second kappa shape index (κ2) is 3.35. The van der Waals surface area contributed by atoms with Gasteiger partial charge in [0.05, 0.1) is 0 Å². The van der Waals surface area contributed by atoms with Gasteiger partial charge >= 0.3 is 0 Å². The Labute approximate surface area is 75.4 Å². The Hall–Kier alpha value is -0.0800. The van der Waals surface area contributed by atoms with E-state index in [9.17, 15) is 5.11 Å². The van der Waals surface area contributed by atoms with Gasteiger partial charge in [-0.1, -0.05) is 20.8 Å². The summed E-state index contributed by atoms with van der Waals surface area (Å²) in [6.45, 7) is 9.13. The summed E-state index contributed by atoms with van der Waals surface area (Å²) in [7, 11) is 0. The minimum atomic E-state index is 0.151.